The number of benzene rings is 4. The van der Waals surface area contributed by atoms with Crippen LogP contribution in [0.15, 0.2) is 117 Å². The van der Waals surface area contributed by atoms with Gasteiger partial charge in [-0.1, -0.05) is 20.8 Å². The van der Waals surface area contributed by atoms with E-state index in [9.17, 15) is 36.6 Å². The third kappa shape index (κ3) is 10.2. The topological polar surface area (TPSA) is 185 Å². The first-order valence-electron chi connectivity index (χ1n) is 15.2. The van der Waals surface area contributed by atoms with Gasteiger partial charge < -0.3 is 30.3 Å². The van der Waals surface area contributed by atoms with E-state index in [4.69, 9.17) is 9.47 Å². The van der Waals surface area contributed by atoms with Gasteiger partial charge in [0.05, 0.1) is 19.6 Å². The summed E-state index contributed by atoms with van der Waals surface area (Å²) in [7, 11) is -7.60. The highest BCUT2D eigenvalue weighted by Gasteiger charge is 2.23. The van der Waals surface area contributed by atoms with Crippen LogP contribution in [0.3, 0.4) is 0 Å². The molecule has 4 N–H and O–H groups in total. The average Bonchev–Trinajstić information content (AvgIpc) is 3.04. The van der Waals surface area contributed by atoms with Gasteiger partial charge in [0.25, 0.3) is 0 Å². The maximum Gasteiger partial charge on any atom is 0.412 e. The number of rotatable bonds is 13. The summed E-state index contributed by atoms with van der Waals surface area (Å²) in [6.45, 7) is 6.69. The van der Waals surface area contributed by atoms with Crippen LogP contribution in [0, 0.1) is 11.3 Å². The Kier molecular flexibility index (Phi) is 11.6. The van der Waals surface area contributed by atoms with Gasteiger partial charge in [-0.15, -0.1) is 0 Å². The Morgan fingerprint density at radius 1 is 0.633 bits per heavy atom. The Bertz CT molecular complexity index is 1960. The summed E-state index contributed by atoms with van der Waals surface area (Å²) < 4.78 is 61.7. The lowest BCUT2D eigenvalue weighted by molar-refractivity contribution is 0.189. The second-order valence-electron chi connectivity index (χ2n) is 12.2. The molecule has 12 nitrogen and oxygen atoms in total. The summed E-state index contributed by atoms with van der Waals surface area (Å²) in [5.74, 6) is 0.304. The molecular formula is C35H38N2O10S2. The largest absolute Gasteiger partial charge is 0.508 e. The lowest BCUT2D eigenvalue weighted by atomic mass is 9.80. The molecule has 0 aromatic heterocycles. The number of ether oxygens (including phenoxy) is 2. The van der Waals surface area contributed by atoms with Gasteiger partial charge in [0.15, 0.2) is 0 Å². The summed E-state index contributed by atoms with van der Waals surface area (Å²) in [5, 5.41) is 24.2. The van der Waals surface area contributed by atoms with E-state index < -0.39 is 31.9 Å². The predicted molar refractivity (Wildman–Crippen MR) is 180 cm³/mol. The van der Waals surface area contributed by atoms with Crippen molar-refractivity contribution < 1.29 is 46.1 Å². The van der Waals surface area contributed by atoms with Gasteiger partial charge >= 0.3 is 12.2 Å². The average molecular weight is 711 g/mol. The van der Waals surface area contributed by atoms with E-state index in [1.54, 1.807) is 0 Å². The third-order valence-corrected chi connectivity index (χ3v) is 11.1. The molecule has 4 aromatic carbocycles. The lowest BCUT2D eigenvalue weighted by Gasteiger charge is -2.28. The van der Waals surface area contributed by atoms with E-state index in [2.05, 4.69) is 10.6 Å². The maximum atomic E-state index is 12.8. The van der Waals surface area contributed by atoms with Gasteiger partial charge in [-0.05, 0) is 121 Å². The van der Waals surface area contributed by atoms with E-state index in [0.29, 0.717) is 25.9 Å². The molecule has 0 aliphatic heterocycles. The van der Waals surface area contributed by atoms with Crippen molar-refractivity contribution in [2.75, 3.05) is 13.1 Å². The third-order valence-electron chi connectivity index (χ3n) is 7.55. The van der Waals surface area contributed by atoms with Crippen LogP contribution in [0.2, 0.25) is 0 Å². The molecular weight excluding hydrogens is 673 g/mol. The summed E-state index contributed by atoms with van der Waals surface area (Å²) >= 11 is 0. The van der Waals surface area contributed by atoms with E-state index in [1.165, 1.54) is 97.1 Å². The minimum absolute atomic E-state index is 0.0130. The normalized spacial score (nSPS) is 12.5. The van der Waals surface area contributed by atoms with Crippen LogP contribution in [-0.2, 0) is 19.7 Å². The van der Waals surface area contributed by atoms with Crippen LogP contribution in [-0.4, -0.2) is 52.3 Å². The maximum absolute atomic E-state index is 12.8. The van der Waals surface area contributed by atoms with Gasteiger partial charge in [-0.25, -0.2) is 26.4 Å². The molecule has 4 rings (SSSR count). The molecule has 0 spiro atoms. The second-order valence-corrected chi connectivity index (χ2v) is 16.1. The number of carbonyl (C=O) groups is 2. The minimum atomic E-state index is -3.80. The fourth-order valence-electron chi connectivity index (χ4n) is 5.06. The van der Waals surface area contributed by atoms with Crippen LogP contribution in [0.1, 0.15) is 33.6 Å². The Labute approximate surface area is 285 Å². The molecule has 49 heavy (non-hydrogen) atoms. The molecule has 0 saturated heterocycles. The zero-order valence-electron chi connectivity index (χ0n) is 27.1. The molecule has 0 heterocycles. The number of sulfone groups is 2. The van der Waals surface area contributed by atoms with E-state index in [1.807, 2.05) is 20.8 Å². The van der Waals surface area contributed by atoms with E-state index in [0.717, 1.165) is 0 Å². The Balaban J connectivity index is 1.17. The molecule has 14 heteroatoms. The number of nitrogens with one attached hydrogen (secondary N) is 2. The molecule has 1 unspecified atom stereocenters. The molecule has 0 fully saturated rings. The van der Waals surface area contributed by atoms with E-state index >= 15 is 0 Å². The smallest absolute Gasteiger partial charge is 0.412 e. The molecule has 0 aliphatic carbocycles. The van der Waals surface area contributed by atoms with Crippen molar-refractivity contribution in [3.63, 3.8) is 0 Å². The number of carbonyl (C=O) groups excluding carboxylic acids is 2. The van der Waals surface area contributed by atoms with Crippen molar-refractivity contribution in [3.8, 4) is 23.0 Å². The molecule has 4 aromatic rings. The van der Waals surface area contributed by atoms with Crippen LogP contribution < -0.4 is 20.1 Å². The van der Waals surface area contributed by atoms with Gasteiger partial charge in [0, 0.05) is 13.1 Å². The Morgan fingerprint density at radius 3 is 1.37 bits per heavy atom. The zero-order chi connectivity index (χ0) is 35.8. The number of amides is 2. The summed E-state index contributed by atoms with van der Waals surface area (Å²) in [5.41, 5.74) is -0.207. The fourth-order valence-corrected chi connectivity index (χ4v) is 7.58. The number of phenolic OH excluding ortho intramolecular Hbond substituents is 2. The van der Waals surface area contributed by atoms with E-state index in [-0.39, 0.29) is 53.9 Å². The summed E-state index contributed by atoms with van der Waals surface area (Å²) in [6, 6.07) is 21.2. The van der Waals surface area contributed by atoms with Crippen molar-refractivity contribution >= 4 is 31.9 Å². The van der Waals surface area contributed by atoms with Gasteiger partial charge in [-0.3, -0.25) is 0 Å². The van der Waals surface area contributed by atoms with Gasteiger partial charge in [0.2, 0.25) is 19.7 Å². The zero-order valence-corrected chi connectivity index (χ0v) is 28.8. The molecule has 0 bridgehead atoms. The van der Waals surface area contributed by atoms with Crippen LogP contribution in [0.4, 0.5) is 9.59 Å². The summed E-state index contributed by atoms with van der Waals surface area (Å²) in [4.78, 5) is 24.8. The lowest BCUT2D eigenvalue weighted by Crippen LogP contribution is -2.34. The minimum Gasteiger partial charge on any atom is -0.508 e. The number of hydrogen-bond donors (Lipinski definition) is 4. The molecule has 260 valence electrons. The molecule has 0 saturated carbocycles. The monoisotopic (exact) mass is 710 g/mol. The SMILES string of the molecule is CC(CNC(=O)Oc1ccc(S(=O)(=O)c2ccc(O)cc2)cc1)CC(C)(C)CCNC(=O)Oc1ccc(S(=O)(=O)c2ccc(O)cc2)cc1. The van der Waals surface area contributed by atoms with Gasteiger partial charge in [-0.2, -0.15) is 0 Å². The first-order chi connectivity index (χ1) is 23.0. The van der Waals surface area contributed by atoms with Crippen molar-refractivity contribution in [1.82, 2.24) is 10.6 Å². The molecule has 0 radical (unpaired) electrons. The van der Waals surface area contributed by atoms with Crippen molar-refractivity contribution in [2.45, 2.75) is 53.2 Å². The van der Waals surface area contributed by atoms with Crippen molar-refractivity contribution in [1.29, 1.82) is 0 Å². The fraction of sp³-hybridized carbons (Fsp3) is 0.257. The number of aromatic hydroxyl groups is 2. The van der Waals surface area contributed by atoms with Crippen molar-refractivity contribution in [3.05, 3.63) is 97.1 Å². The molecule has 2 amide bonds. The highest BCUT2D eigenvalue weighted by Crippen LogP contribution is 2.29. The van der Waals surface area contributed by atoms with Crippen LogP contribution in [0.25, 0.3) is 0 Å². The standard InChI is InChI=1S/C35H38N2O10S2/c1-24(23-37-34(41)47-28-10-18-32(19-11-28)49(44,45)30-14-6-26(39)7-15-30)22-35(2,3)20-21-36-33(40)46-27-8-16-31(17-9-27)48(42,43)29-12-4-25(38)5-13-29/h4-19,24,38-39H,20-23H2,1-3H3,(H,36,40)(H,37,41). The molecule has 1 atom stereocenters. The highest BCUT2D eigenvalue weighted by atomic mass is 32.2. The first-order valence-corrected chi connectivity index (χ1v) is 18.2. The highest BCUT2D eigenvalue weighted by molar-refractivity contribution is 7.91. The Hall–Kier alpha value is -5.08. The number of phenols is 2. The predicted octanol–water partition coefficient (Wildman–Crippen LogP) is 6.08. The van der Waals surface area contributed by atoms with Crippen LogP contribution >= 0.6 is 0 Å². The number of hydrogen-bond acceptors (Lipinski definition) is 10. The van der Waals surface area contributed by atoms with Gasteiger partial charge in [0.1, 0.15) is 23.0 Å². The second kappa shape index (κ2) is 15.4. The quantitative estimate of drug-likeness (QED) is 0.127. The Morgan fingerprint density at radius 2 is 0.980 bits per heavy atom. The van der Waals surface area contributed by atoms with Crippen molar-refractivity contribution in [2.24, 2.45) is 11.3 Å². The summed E-state index contributed by atoms with van der Waals surface area (Å²) in [6.07, 6.45) is -0.0483. The van der Waals surface area contributed by atoms with Crippen LogP contribution in [0.5, 0.6) is 23.0 Å². The molecule has 0 aliphatic rings. The first kappa shape index (κ1) is 36.8.